The van der Waals surface area contributed by atoms with Gasteiger partial charge in [-0.05, 0) is 39.3 Å². The van der Waals surface area contributed by atoms with Crippen molar-refractivity contribution in [1.82, 2.24) is 30.4 Å². The molecule has 10 heteroatoms. The molecule has 0 amide bonds. The predicted molar refractivity (Wildman–Crippen MR) is 143 cm³/mol. The van der Waals surface area contributed by atoms with E-state index in [1.54, 1.807) is 11.3 Å². The molecule has 32 heavy (non-hydrogen) atoms. The van der Waals surface area contributed by atoms with Crippen LogP contribution in [0.5, 0.6) is 0 Å². The van der Waals surface area contributed by atoms with Crippen LogP contribution < -0.4 is 15.5 Å². The van der Waals surface area contributed by atoms with Gasteiger partial charge in [0.25, 0.3) is 0 Å². The van der Waals surface area contributed by atoms with E-state index in [0.29, 0.717) is 13.1 Å². The molecule has 0 fully saturated rings. The molecule has 0 spiro atoms. The Balaban J connectivity index is 0.00000363. The first-order valence-corrected chi connectivity index (χ1v) is 11.3. The minimum atomic E-state index is 0. The van der Waals surface area contributed by atoms with Gasteiger partial charge in [-0.15, -0.1) is 45.5 Å². The highest BCUT2D eigenvalue weighted by Gasteiger charge is 2.08. The molecular weight excluding hydrogens is 535 g/mol. The summed E-state index contributed by atoms with van der Waals surface area (Å²) in [7, 11) is 4.08. The predicted octanol–water partition coefficient (Wildman–Crippen LogP) is 3.58. The largest absolute Gasteiger partial charge is 0.375 e. The number of nitrogens with one attached hydrogen (secondary N) is 2. The van der Waals surface area contributed by atoms with Gasteiger partial charge in [0.15, 0.2) is 11.8 Å². The number of rotatable bonds is 9. The van der Waals surface area contributed by atoms with E-state index in [9.17, 15) is 0 Å². The van der Waals surface area contributed by atoms with Crippen molar-refractivity contribution in [1.29, 1.82) is 0 Å². The van der Waals surface area contributed by atoms with Gasteiger partial charge in [0.05, 0.1) is 17.2 Å². The maximum Gasteiger partial charge on any atom is 0.192 e. The fourth-order valence-electron chi connectivity index (χ4n) is 3.15. The molecule has 0 atom stereocenters. The third-order valence-electron chi connectivity index (χ3n) is 5.14. The third kappa shape index (κ3) is 7.44. The van der Waals surface area contributed by atoms with Gasteiger partial charge in [-0.2, -0.15) is 0 Å². The number of nitrogens with zero attached hydrogens (tertiary/aromatic N) is 6. The Labute approximate surface area is 211 Å². The van der Waals surface area contributed by atoms with Crippen LogP contribution in [0, 0.1) is 20.8 Å². The van der Waals surface area contributed by atoms with E-state index in [4.69, 9.17) is 4.99 Å². The highest BCUT2D eigenvalue weighted by molar-refractivity contribution is 14.0. The Morgan fingerprint density at radius 1 is 1.12 bits per heavy atom. The third-order valence-corrected chi connectivity index (χ3v) is 6.21. The van der Waals surface area contributed by atoms with E-state index >= 15 is 0 Å². The number of hydrogen-bond donors (Lipinski definition) is 2. The molecule has 0 saturated heterocycles. The lowest BCUT2D eigenvalue weighted by atomic mass is 10.3. The quantitative estimate of drug-likeness (QED) is 0.178. The van der Waals surface area contributed by atoms with Crippen LogP contribution in [0.4, 0.5) is 5.69 Å². The first-order valence-electron chi connectivity index (χ1n) is 10.5. The average Bonchev–Trinajstić information content (AvgIpc) is 3.27. The molecule has 3 rings (SSSR count). The highest BCUT2D eigenvalue weighted by atomic mass is 127. The number of aryl methyl sites for hydroxylation is 3. The normalized spacial score (nSPS) is 11.2. The molecule has 0 aliphatic heterocycles. The number of anilines is 1. The molecule has 0 saturated carbocycles. The molecule has 2 N–H and O–H groups in total. The average molecular weight is 569 g/mol. The van der Waals surface area contributed by atoms with Crippen molar-refractivity contribution in [3.05, 3.63) is 57.6 Å². The van der Waals surface area contributed by atoms with E-state index in [2.05, 4.69) is 62.0 Å². The molecule has 0 aliphatic carbocycles. The topological polar surface area (TPSA) is 83.3 Å². The summed E-state index contributed by atoms with van der Waals surface area (Å²) in [6.07, 6.45) is 0.994. The van der Waals surface area contributed by atoms with Gasteiger partial charge in [-0.25, -0.2) is 9.98 Å². The number of aliphatic imine (C=N–C) groups is 1. The van der Waals surface area contributed by atoms with Gasteiger partial charge in [0, 0.05) is 37.7 Å². The van der Waals surface area contributed by atoms with Crippen LogP contribution in [0.15, 0.2) is 35.3 Å². The number of aromatic nitrogens is 4. The highest BCUT2D eigenvalue weighted by Crippen LogP contribution is 2.16. The molecule has 174 valence electrons. The molecule has 8 nitrogen and oxygen atoms in total. The zero-order valence-electron chi connectivity index (χ0n) is 19.4. The monoisotopic (exact) mass is 568 g/mol. The fourth-order valence-corrected chi connectivity index (χ4v) is 4.03. The summed E-state index contributed by atoms with van der Waals surface area (Å²) < 4.78 is 1.96. The summed E-state index contributed by atoms with van der Waals surface area (Å²) in [6.45, 7) is 8.97. The van der Waals surface area contributed by atoms with Crippen molar-refractivity contribution in [2.45, 2.75) is 40.3 Å². The van der Waals surface area contributed by atoms with Gasteiger partial charge in [-0.3, -0.25) is 0 Å². The van der Waals surface area contributed by atoms with Crippen LogP contribution >= 0.6 is 35.3 Å². The Bertz CT molecular complexity index is 999. The fraction of sp³-hybridized carbons (Fsp3) is 0.455. The van der Waals surface area contributed by atoms with Crippen molar-refractivity contribution in [3.8, 4) is 0 Å². The maximum atomic E-state index is 4.74. The van der Waals surface area contributed by atoms with Gasteiger partial charge in [0.1, 0.15) is 12.4 Å². The summed E-state index contributed by atoms with van der Waals surface area (Å²) in [4.78, 5) is 12.7. The van der Waals surface area contributed by atoms with Gasteiger partial charge in [0.2, 0.25) is 0 Å². The lowest BCUT2D eigenvalue weighted by molar-refractivity contribution is 0.717. The van der Waals surface area contributed by atoms with Crippen LogP contribution in [-0.4, -0.2) is 45.8 Å². The zero-order valence-corrected chi connectivity index (χ0v) is 22.6. The van der Waals surface area contributed by atoms with Crippen LogP contribution in [0.2, 0.25) is 0 Å². The lowest BCUT2D eigenvalue weighted by Gasteiger charge is -2.19. The van der Waals surface area contributed by atoms with E-state index in [0.717, 1.165) is 47.8 Å². The van der Waals surface area contributed by atoms with Crippen LogP contribution in [0.1, 0.15) is 33.6 Å². The second kappa shape index (κ2) is 12.7. The minimum Gasteiger partial charge on any atom is -0.375 e. The number of halogens is 1. The standard InChI is InChI=1S/C22H32N8S.HI/c1-16-20(31-18(3)26-16)14-24-22(25-15-21-28-27-17(2)30(21)5)23-12-9-13-29(4)19-10-7-6-8-11-19;/h6-8,10-11H,9,12-15H2,1-5H3,(H2,23,24,25);1H. The Hall–Kier alpha value is -2.21. The molecule has 0 bridgehead atoms. The Kier molecular flexibility index (Phi) is 10.4. The van der Waals surface area contributed by atoms with Crippen LogP contribution in [0.25, 0.3) is 0 Å². The number of para-hydroxylation sites is 1. The van der Waals surface area contributed by atoms with E-state index in [1.807, 2.05) is 38.5 Å². The smallest absolute Gasteiger partial charge is 0.192 e. The second-order valence-corrected chi connectivity index (χ2v) is 8.81. The zero-order chi connectivity index (χ0) is 22.2. The maximum absolute atomic E-state index is 4.74. The van der Waals surface area contributed by atoms with E-state index < -0.39 is 0 Å². The van der Waals surface area contributed by atoms with Crippen molar-refractivity contribution in [2.24, 2.45) is 12.0 Å². The van der Waals surface area contributed by atoms with Crippen molar-refractivity contribution in [3.63, 3.8) is 0 Å². The molecule has 3 aromatic rings. The summed E-state index contributed by atoms with van der Waals surface area (Å²) in [5.41, 5.74) is 2.30. The summed E-state index contributed by atoms with van der Waals surface area (Å²) in [5.74, 6) is 2.49. The first kappa shape index (κ1) is 26.0. The Morgan fingerprint density at radius 2 is 1.88 bits per heavy atom. The van der Waals surface area contributed by atoms with Crippen molar-refractivity contribution in [2.75, 3.05) is 25.0 Å². The Morgan fingerprint density at radius 3 is 2.50 bits per heavy atom. The summed E-state index contributed by atoms with van der Waals surface area (Å²) >= 11 is 1.72. The number of thiazole rings is 1. The lowest BCUT2D eigenvalue weighted by Crippen LogP contribution is -2.38. The van der Waals surface area contributed by atoms with E-state index in [1.165, 1.54) is 10.6 Å². The van der Waals surface area contributed by atoms with Crippen LogP contribution in [-0.2, 0) is 20.1 Å². The number of benzene rings is 1. The number of hydrogen-bond acceptors (Lipinski definition) is 6. The SMILES string of the molecule is Cc1nc(C)c(CNC(=NCc2nnc(C)n2C)NCCCN(C)c2ccccc2)s1.I. The van der Waals surface area contributed by atoms with Gasteiger partial charge in [-0.1, -0.05) is 18.2 Å². The molecule has 1 aromatic carbocycles. The minimum absolute atomic E-state index is 0. The summed E-state index contributed by atoms with van der Waals surface area (Å²) in [5, 5.41) is 16.3. The van der Waals surface area contributed by atoms with Crippen LogP contribution in [0.3, 0.4) is 0 Å². The molecule has 0 aliphatic rings. The molecule has 0 radical (unpaired) electrons. The van der Waals surface area contributed by atoms with Gasteiger partial charge >= 0.3 is 0 Å². The number of guanidine groups is 1. The van der Waals surface area contributed by atoms with E-state index in [-0.39, 0.29) is 24.0 Å². The molecular formula is C22H33IN8S. The first-order chi connectivity index (χ1) is 14.9. The molecule has 2 aromatic heterocycles. The molecule has 2 heterocycles. The molecule has 0 unspecified atom stereocenters. The van der Waals surface area contributed by atoms with Crippen molar-refractivity contribution < 1.29 is 0 Å². The second-order valence-electron chi connectivity index (χ2n) is 7.52. The van der Waals surface area contributed by atoms with Crippen molar-refractivity contribution >= 4 is 47.0 Å². The van der Waals surface area contributed by atoms with Gasteiger partial charge < -0.3 is 20.1 Å². The summed E-state index contributed by atoms with van der Waals surface area (Å²) in [6, 6.07) is 10.4.